The van der Waals surface area contributed by atoms with Crippen LogP contribution in [0.3, 0.4) is 0 Å². The molecule has 2 amide bonds. The predicted molar refractivity (Wildman–Crippen MR) is 131 cm³/mol. The minimum Gasteiger partial charge on any atom is -0.350 e. The molecule has 0 atom stereocenters. The van der Waals surface area contributed by atoms with Crippen molar-refractivity contribution in [2.45, 2.75) is 33.6 Å². The molecule has 0 aliphatic carbocycles. The summed E-state index contributed by atoms with van der Waals surface area (Å²) in [5.41, 5.74) is 5.56. The van der Waals surface area contributed by atoms with Crippen molar-refractivity contribution in [3.63, 3.8) is 0 Å². The third-order valence-electron chi connectivity index (χ3n) is 5.77. The van der Waals surface area contributed by atoms with Gasteiger partial charge in [-0.1, -0.05) is 73.5 Å². The van der Waals surface area contributed by atoms with Crippen LogP contribution in [0.1, 0.15) is 42.0 Å². The lowest BCUT2D eigenvalue weighted by molar-refractivity contribution is -0.120. The van der Waals surface area contributed by atoms with E-state index >= 15 is 0 Å². The third kappa shape index (κ3) is 3.94. The second kappa shape index (κ2) is 8.64. The number of amides is 2. The highest BCUT2D eigenvalue weighted by molar-refractivity contribution is 6.46. The molecule has 0 spiro atoms. The Bertz CT molecular complexity index is 1230. The Morgan fingerprint density at radius 2 is 1.50 bits per heavy atom. The molecule has 1 N–H and O–H groups in total. The predicted octanol–water partition coefficient (Wildman–Crippen LogP) is 6.48. The fraction of sp³-hybridized carbons (Fsp3) is 0.185. The maximum atomic E-state index is 13.6. The highest BCUT2D eigenvalue weighted by Crippen LogP contribution is 2.35. The van der Waals surface area contributed by atoms with Gasteiger partial charge in [-0.05, 0) is 60.7 Å². The van der Waals surface area contributed by atoms with Gasteiger partial charge in [0, 0.05) is 10.7 Å². The van der Waals surface area contributed by atoms with Gasteiger partial charge < -0.3 is 5.32 Å². The first-order chi connectivity index (χ1) is 15.3. The molecule has 4 nitrogen and oxygen atoms in total. The van der Waals surface area contributed by atoms with E-state index in [2.05, 4.69) is 19.2 Å². The minimum absolute atomic E-state index is 0.247. The molecule has 162 valence electrons. The largest absolute Gasteiger partial charge is 0.350 e. The summed E-state index contributed by atoms with van der Waals surface area (Å²) < 4.78 is 0. The Hall–Kier alpha value is -3.37. The summed E-state index contributed by atoms with van der Waals surface area (Å²) >= 11 is 6.28. The molecule has 0 unspecified atom stereocenters. The van der Waals surface area contributed by atoms with Crippen LogP contribution in [0.15, 0.2) is 72.4 Å². The lowest BCUT2D eigenvalue weighted by Gasteiger charge is -2.17. The number of anilines is 2. The maximum Gasteiger partial charge on any atom is 0.282 e. The molecule has 1 aliphatic heterocycles. The number of hydrogen-bond acceptors (Lipinski definition) is 3. The summed E-state index contributed by atoms with van der Waals surface area (Å²) in [6, 6.07) is 20.6. The third-order valence-corrected chi connectivity index (χ3v) is 6.18. The first-order valence-electron chi connectivity index (χ1n) is 10.6. The highest BCUT2D eigenvalue weighted by Gasteiger charge is 2.40. The Kier molecular flexibility index (Phi) is 5.90. The van der Waals surface area contributed by atoms with Crippen LogP contribution in [0.5, 0.6) is 0 Å². The minimum atomic E-state index is -0.387. The van der Waals surface area contributed by atoms with Crippen LogP contribution in [0.25, 0.3) is 5.57 Å². The second-order valence-corrected chi connectivity index (χ2v) is 8.75. The highest BCUT2D eigenvalue weighted by atomic mass is 35.5. The Labute approximate surface area is 193 Å². The van der Waals surface area contributed by atoms with E-state index < -0.39 is 0 Å². The molecule has 0 fully saturated rings. The van der Waals surface area contributed by atoms with Crippen LogP contribution >= 0.6 is 11.6 Å². The molecule has 3 aromatic rings. The Morgan fingerprint density at radius 1 is 0.844 bits per heavy atom. The number of nitrogens with one attached hydrogen (secondary N) is 1. The van der Waals surface area contributed by atoms with Gasteiger partial charge in [0.1, 0.15) is 5.70 Å². The molecule has 0 bridgehead atoms. The zero-order valence-corrected chi connectivity index (χ0v) is 19.3. The van der Waals surface area contributed by atoms with Crippen molar-refractivity contribution in [2.24, 2.45) is 0 Å². The van der Waals surface area contributed by atoms with Crippen LogP contribution < -0.4 is 10.2 Å². The van der Waals surface area contributed by atoms with Gasteiger partial charge in [-0.2, -0.15) is 0 Å². The molecule has 5 heteroatoms. The number of carbonyl (C=O) groups excluding carboxylic acids is 2. The molecule has 4 rings (SSSR count). The first-order valence-corrected chi connectivity index (χ1v) is 11.0. The zero-order valence-electron chi connectivity index (χ0n) is 18.6. The standard InChI is InChI=1S/C27H25ClN2O2/c1-16(2)19-12-14-21(15-13-19)30-26(31)24(20-10-8-17(3)9-11-20)25(27(30)32)29-23-7-5-6-22(28)18(23)4/h5-16,29H,1-4H3. The lowest BCUT2D eigenvalue weighted by Crippen LogP contribution is -2.32. The summed E-state index contributed by atoms with van der Waals surface area (Å²) in [6.07, 6.45) is 0. The molecule has 1 aliphatic rings. The van der Waals surface area contributed by atoms with Crippen molar-refractivity contribution >= 4 is 40.4 Å². The molecule has 3 aromatic carbocycles. The second-order valence-electron chi connectivity index (χ2n) is 8.35. The molecule has 0 saturated carbocycles. The SMILES string of the molecule is Cc1ccc(C2=C(Nc3cccc(Cl)c3C)C(=O)N(c3ccc(C(C)C)cc3)C2=O)cc1. The van der Waals surface area contributed by atoms with E-state index in [1.807, 2.05) is 74.5 Å². The van der Waals surface area contributed by atoms with Crippen LogP contribution in [-0.4, -0.2) is 11.8 Å². The Balaban J connectivity index is 1.81. The smallest absolute Gasteiger partial charge is 0.282 e. The molecule has 0 saturated heterocycles. The number of rotatable bonds is 5. The van der Waals surface area contributed by atoms with Gasteiger partial charge in [0.25, 0.3) is 11.8 Å². The van der Waals surface area contributed by atoms with Crippen molar-refractivity contribution in [1.82, 2.24) is 0 Å². The monoisotopic (exact) mass is 444 g/mol. The van der Waals surface area contributed by atoms with Gasteiger partial charge in [0.05, 0.1) is 11.3 Å². The van der Waals surface area contributed by atoms with E-state index in [0.717, 1.165) is 16.7 Å². The van der Waals surface area contributed by atoms with Crippen LogP contribution in [0.2, 0.25) is 5.02 Å². The van der Waals surface area contributed by atoms with E-state index in [9.17, 15) is 9.59 Å². The van der Waals surface area contributed by atoms with E-state index in [0.29, 0.717) is 33.5 Å². The van der Waals surface area contributed by atoms with Gasteiger partial charge in [-0.15, -0.1) is 0 Å². The van der Waals surface area contributed by atoms with E-state index in [1.54, 1.807) is 6.07 Å². The number of nitrogens with zero attached hydrogens (tertiary/aromatic N) is 1. The van der Waals surface area contributed by atoms with E-state index in [-0.39, 0.29) is 17.5 Å². The lowest BCUT2D eigenvalue weighted by atomic mass is 10.0. The molecule has 0 radical (unpaired) electrons. The molecule has 1 heterocycles. The van der Waals surface area contributed by atoms with E-state index in [4.69, 9.17) is 11.6 Å². The normalized spacial score (nSPS) is 14.0. The van der Waals surface area contributed by atoms with E-state index in [1.165, 1.54) is 4.90 Å². The molecular weight excluding hydrogens is 420 g/mol. The van der Waals surface area contributed by atoms with Gasteiger partial charge in [0.2, 0.25) is 0 Å². The van der Waals surface area contributed by atoms with Gasteiger partial charge in [-0.3, -0.25) is 9.59 Å². The topological polar surface area (TPSA) is 49.4 Å². The number of halogens is 1. The van der Waals surface area contributed by atoms with Crippen molar-refractivity contribution in [1.29, 1.82) is 0 Å². The summed E-state index contributed by atoms with van der Waals surface area (Å²) in [7, 11) is 0. The zero-order chi connectivity index (χ0) is 23.0. The number of imide groups is 1. The quantitative estimate of drug-likeness (QED) is 0.458. The van der Waals surface area contributed by atoms with Gasteiger partial charge in [0.15, 0.2) is 0 Å². The van der Waals surface area contributed by atoms with Crippen LogP contribution in [0, 0.1) is 13.8 Å². The maximum absolute atomic E-state index is 13.6. The van der Waals surface area contributed by atoms with Crippen molar-refractivity contribution in [3.8, 4) is 0 Å². The van der Waals surface area contributed by atoms with Crippen molar-refractivity contribution < 1.29 is 9.59 Å². The summed E-state index contributed by atoms with van der Waals surface area (Å²) in [6.45, 7) is 8.07. The summed E-state index contributed by atoms with van der Waals surface area (Å²) in [5.74, 6) is -0.376. The van der Waals surface area contributed by atoms with Crippen molar-refractivity contribution in [3.05, 3.63) is 99.7 Å². The van der Waals surface area contributed by atoms with Gasteiger partial charge in [-0.25, -0.2) is 4.90 Å². The Morgan fingerprint density at radius 3 is 2.12 bits per heavy atom. The number of aryl methyl sites for hydroxylation is 1. The average Bonchev–Trinajstić information content (AvgIpc) is 3.01. The molecule has 0 aromatic heterocycles. The van der Waals surface area contributed by atoms with Crippen LogP contribution in [0.4, 0.5) is 11.4 Å². The van der Waals surface area contributed by atoms with Gasteiger partial charge >= 0.3 is 0 Å². The fourth-order valence-electron chi connectivity index (χ4n) is 3.75. The average molecular weight is 445 g/mol. The summed E-state index contributed by atoms with van der Waals surface area (Å²) in [4.78, 5) is 28.3. The van der Waals surface area contributed by atoms with Crippen LogP contribution in [-0.2, 0) is 9.59 Å². The van der Waals surface area contributed by atoms with Crippen molar-refractivity contribution in [2.75, 3.05) is 10.2 Å². The number of benzene rings is 3. The molecule has 32 heavy (non-hydrogen) atoms. The fourth-order valence-corrected chi connectivity index (χ4v) is 3.93. The number of hydrogen-bond donors (Lipinski definition) is 1. The number of carbonyl (C=O) groups is 2. The summed E-state index contributed by atoms with van der Waals surface area (Å²) in [5, 5.41) is 3.79. The molecular formula is C27H25ClN2O2. The first kappa shape index (κ1) is 21.8.